The van der Waals surface area contributed by atoms with Crippen molar-refractivity contribution >= 4 is 21.6 Å². The largest absolute Gasteiger partial charge is 0.497 e. The third-order valence-electron chi connectivity index (χ3n) is 3.73. The number of nitrogens with zero attached hydrogens (tertiary/aromatic N) is 1. The van der Waals surface area contributed by atoms with Gasteiger partial charge in [0.15, 0.2) is 0 Å². The van der Waals surface area contributed by atoms with Crippen LogP contribution in [0, 0.1) is 5.82 Å². The molecule has 0 aliphatic rings. The van der Waals surface area contributed by atoms with Gasteiger partial charge in [-0.15, -0.1) is 0 Å². The lowest BCUT2D eigenvalue weighted by molar-refractivity contribution is 0.0954. The minimum atomic E-state index is -3.60. The van der Waals surface area contributed by atoms with E-state index in [1.165, 1.54) is 38.5 Å². The van der Waals surface area contributed by atoms with Gasteiger partial charge in [0.2, 0.25) is 10.0 Å². The van der Waals surface area contributed by atoms with Crippen molar-refractivity contribution < 1.29 is 27.1 Å². The van der Waals surface area contributed by atoms with E-state index in [1.54, 1.807) is 18.2 Å². The molecule has 0 unspecified atom stereocenters. The Morgan fingerprint density at radius 1 is 1.07 bits per heavy atom. The highest BCUT2D eigenvalue weighted by Crippen LogP contribution is 2.22. The first-order chi connectivity index (χ1) is 12.7. The summed E-state index contributed by atoms with van der Waals surface area (Å²) in [6.45, 7) is 0.0557. The Morgan fingerprint density at radius 2 is 1.63 bits per heavy atom. The first-order valence-electron chi connectivity index (χ1n) is 7.99. The summed E-state index contributed by atoms with van der Waals surface area (Å²) in [4.78, 5) is 12.4. The summed E-state index contributed by atoms with van der Waals surface area (Å²) in [5.74, 6) is 0.0550. The van der Waals surface area contributed by atoms with E-state index in [9.17, 15) is 17.6 Å². The van der Waals surface area contributed by atoms with E-state index in [0.29, 0.717) is 22.7 Å². The van der Waals surface area contributed by atoms with Crippen molar-refractivity contribution in [2.24, 2.45) is 0 Å². The number of anilines is 1. The van der Waals surface area contributed by atoms with Gasteiger partial charge < -0.3 is 14.8 Å². The summed E-state index contributed by atoms with van der Waals surface area (Å²) < 4.78 is 48.4. The molecule has 0 spiro atoms. The van der Waals surface area contributed by atoms with Gasteiger partial charge in [0.1, 0.15) is 17.3 Å². The Labute approximate surface area is 157 Å². The van der Waals surface area contributed by atoms with Gasteiger partial charge in [-0.3, -0.25) is 9.10 Å². The molecule has 2 rings (SSSR count). The number of rotatable bonds is 8. The number of ether oxygens (including phenoxy) is 2. The van der Waals surface area contributed by atoms with Gasteiger partial charge in [-0.25, -0.2) is 12.8 Å². The maximum Gasteiger partial charge on any atom is 0.251 e. The van der Waals surface area contributed by atoms with Crippen LogP contribution < -0.4 is 19.1 Å². The molecule has 146 valence electrons. The lowest BCUT2D eigenvalue weighted by Gasteiger charge is -2.22. The topological polar surface area (TPSA) is 84.9 Å². The molecule has 0 bridgehead atoms. The number of nitrogens with one attached hydrogen (secondary N) is 1. The number of halogens is 1. The normalized spacial score (nSPS) is 11.0. The number of amides is 1. The molecular formula is C18H21FN2O5S. The highest BCUT2D eigenvalue weighted by molar-refractivity contribution is 7.92. The number of hydrogen-bond acceptors (Lipinski definition) is 5. The standard InChI is InChI=1S/C18H21FN2O5S/c1-25-16-10-13(11-17(12-16)26-2)18(22)20-8-9-21(27(3,23)24)15-6-4-14(19)5-7-15/h4-7,10-12H,8-9H2,1-3H3,(H,20,22). The molecule has 1 amide bonds. The SMILES string of the molecule is COc1cc(OC)cc(C(=O)NCCN(c2ccc(F)cc2)S(C)(=O)=O)c1. The first kappa shape index (κ1) is 20.5. The lowest BCUT2D eigenvalue weighted by Crippen LogP contribution is -2.38. The molecule has 0 heterocycles. The molecule has 0 aliphatic carbocycles. The summed E-state index contributed by atoms with van der Waals surface area (Å²) in [7, 11) is -0.644. The third-order valence-corrected chi connectivity index (χ3v) is 4.92. The molecule has 0 saturated carbocycles. The van der Waals surface area contributed by atoms with Gasteiger partial charge in [-0.05, 0) is 36.4 Å². The van der Waals surface area contributed by atoms with Crippen molar-refractivity contribution in [3.8, 4) is 11.5 Å². The molecule has 2 aromatic carbocycles. The Bertz CT molecular complexity index is 878. The molecule has 7 nitrogen and oxygen atoms in total. The zero-order valence-electron chi connectivity index (χ0n) is 15.2. The van der Waals surface area contributed by atoms with Crippen molar-refractivity contribution in [3.63, 3.8) is 0 Å². The van der Waals surface area contributed by atoms with Crippen LogP contribution in [-0.2, 0) is 10.0 Å². The summed E-state index contributed by atoms with van der Waals surface area (Å²) in [6.07, 6.45) is 1.05. The van der Waals surface area contributed by atoms with Crippen LogP contribution in [0.15, 0.2) is 42.5 Å². The number of hydrogen-bond donors (Lipinski definition) is 1. The predicted octanol–water partition coefficient (Wildman–Crippen LogP) is 2.04. The van der Waals surface area contributed by atoms with Crippen molar-refractivity contribution in [1.82, 2.24) is 5.32 Å². The maximum atomic E-state index is 13.1. The molecule has 0 fully saturated rings. The highest BCUT2D eigenvalue weighted by atomic mass is 32.2. The molecule has 1 N–H and O–H groups in total. The van der Waals surface area contributed by atoms with Gasteiger partial charge in [0.05, 0.1) is 32.7 Å². The Balaban J connectivity index is 2.08. The van der Waals surface area contributed by atoms with Crippen molar-refractivity contribution in [2.45, 2.75) is 0 Å². The van der Waals surface area contributed by atoms with Crippen molar-refractivity contribution in [1.29, 1.82) is 0 Å². The smallest absolute Gasteiger partial charge is 0.251 e. The number of methoxy groups -OCH3 is 2. The van der Waals surface area contributed by atoms with Crippen LogP contribution in [0.4, 0.5) is 10.1 Å². The van der Waals surface area contributed by atoms with Gasteiger partial charge in [0, 0.05) is 18.2 Å². The van der Waals surface area contributed by atoms with Crippen molar-refractivity contribution in [2.75, 3.05) is 37.9 Å². The molecule has 0 aromatic heterocycles. The fourth-order valence-corrected chi connectivity index (χ4v) is 3.33. The van der Waals surface area contributed by atoms with Gasteiger partial charge in [-0.1, -0.05) is 0 Å². The number of sulfonamides is 1. The van der Waals surface area contributed by atoms with Crippen LogP contribution in [0.3, 0.4) is 0 Å². The third kappa shape index (κ3) is 5.58. The van der Waals surface area contributed by atoms with Gasteiger partial charge in [-0.2, -0.15) is 0 Å². The van der Waals surface area contributed by atoms with Crippen LogP contribution in [0.2, 0.25) is 0 Å². The summed E-state index contributed by atoms with van der Waals surface area (Å²) in [5.41, 5.74) is 0.634. The minimum Gasteiger partial charge on any atom is -0.497 e. The van der Waals surface area contributed by atoms with E-state index in [1.807, 2.05) is 0 Å². The molecule has 27 heavy (non-hydrogen) atoms. The monoisotopic (exact) mass is 396 g/mol. The highest BCUT2D eigenvalue weighted by Gasteiger charge is 2.18. The van der Waals surface area contributed by atoms with Crippen LogP contribution >= 0.6 is 0 Å². The zero-order valence-corrected chi connectivity index (χ0v) is 16.0. The molecular weight excluding hydrogens is 375 g/mol. The first-order valence-corrected chi connectivity index (χ1v) is 9.84. The average molecular weight is 396 g/mol. The Kier molecular flexibility index (Phi) is 6.62. The number of carbonyl (C=O) groups excluding carboxylic acids is 1. The Morgan fingerprint density at radius 3 is 2.11 bits per heavy atom. The molecule has 0 saturated heterocycles. The summed E-state index contributed by atoms with van der Waals surface area (Å²) in [5, 5.41) is 2.66. The van der Waals surface area contributed by atoms with E-state index in [2.05, 4.69) is 5.32 Å². The van der Waals surface area contributed by atoms with Crippen molar-refractivity contribution in [3.05, 3.63) is 53.8 Å². The second-order valence-electron chi connectivity index (χ2n) is 5.67. The molecule has 0 aliphatic heterocycles. The number of carbonyl (C=O) groups is 1. The molecule has 9 heteroatoms. The zero-order chi connectivity index (χ0) is 20.0. The van der Waals surface area contributed by atoms with Gasteiger partial charge in [0.25, 0.3) is 5.91 Å². The molecule has 2 aromatic rings. The Hall–Kier alpha value is -2.81. The van der Waals surface area contributed by atoms with E-state index in [0.717, 1.165) is 10.6 Å². The second kappa shape index (κ2) is 8.72. The van der Waals surface area contributed by atoms with E-state index in [4.69, 9.17) is 9.47 Å². The predicted molar refractivity (Wildman–Crippen MR) is 100 cm³/mol. The molecule has 0 atom stereocenters. The fraction of sp³-hybridized carbons (Fsp3) is 0.278. The minimum absolute atomic E-state index is 0.00267. The van der Waals surface area contributed by atoms with E-state index in [-0.39, 0.29) is 13.1 Å². The van der Waals surface area contributed by atoms with Crippen LogP contribution in [-0.4, -0.2) is 47.9 Å². The van der Waals surface area contributed by atoms with Gasteiger partial charge >= 0.3 is 0 Å². The van der Waals surface area contributed by atoms with Crippen LogP contribution in [0.5, 0.6) is 11.5 Å². The average Bonchev–Trinajstić information content (AvgIpc) is 2.64. The summed E-state index contributed by atoms with van der Waals surface area (Å²) >= 11 is 0. The fourth-order valence-electron chi connectivity index (χ4n) is 2.41. The second-order valence-corrected chi connectivity index (χ2v) is 7.58. The maximum absolute atomic E-state index is 13.1. The van der Waals surface area contributed by atoms with E-state index < -0.39 is 21.7 Å². The summed E-state index contributed by atoms with van der Waals surface area (Å²) in [6, 6.07) is 9.81. The van der Waals surface area contributed by atoms with Crippen LogP contribution in [0.25, 0.3) is 0 Å². The number of benzene rings is 2. The van der Waals surface area contributed by atoms with Crippen LogP contribution in [0.1, 0.15) is 10.4 Å². The molecule has 0 radical (unpaired) electrons. The van der Waals surface area contributed by atoms with E-state index >= 15 is 0 Å². The quantitative estimate of drug-likeness (QED) is 0.738. The lowest BCUT2D eigenvalue weighted by atomic mass is 10.2.